The molecule has 0 amide bonds. The van der Waals surface area contributed by atoms with Crippen molar-refractivity contribution < 1.29 is 13.5 Å². The van der Waals surface area contributed by atoms with Gasteiger partial charge in [-0.05, 0) is 31.0 Å². The molecule has 0 radical (unpaired) electrons. The summed E-state index contributed by atoms with van der Waals surface area (Å²) in [6.45, 7) is 1.66. The van der Waals surface area contributed by atoms with Crippen LogP contribution in [0.15, 0.2) is 23.2 Å². The molecule has 0 spiro atoms. The van der Waals surface area contributed by atoms with Gasteiger partial charge >= 0.3 is 0 Å². The van der Waals surface area contributed by atoms with Gasteiger partial charge in [0.25, 0.3) is 0 Å². The maximum atomic E-state index is 13.9. The average Bonchev–Trinajstić information content (AvgIpc) is 3.05. The second kappa shape index (κ2) is 5.36. The number of halogens is 2. The van der Waals surface area contributed by atoms with E-state index in [1.54, 1.807) is 0 Å². The number of nitrogens with two attached hydrogens (primary N) is 1. The van der Waals surface area contributed by atoms with Crippen LogP contribution in [0, 0.1) is 11.6 Å². The lowest BCUT2D eigenvalue weighted by atomic mass is 10.0. The summed E-state index contributed by atoms with van der Waals surface area (Å²) >= 11 is 0. The van der Waals surface area contributed by atoms with Crippen LogP contribution in [-0.2, 0) is 4.74 Å². The van der Waals surface area contributed by atoms with Crippen LogP contribution in [0.3, 0.4) is 0 Å². The van der Waals surface area contributed by atoms with Gasteiger partial charge in [0.2, 0.25) is 0 Å². The fourth-order valence-corrected chi connectivity index (χ4v) is 2.79. The van der Waals surface area contributed by atoms with Gasteiger partial charge in [-0.25, -0.2) is 8.78 Å². The molecule has 0 saturated carbocycles. The zero-order chi connectivity index (χ0) is 14.1. The first-order chi connectivity index (χ1) is 9.65. The Labute approximate surface area is 116 Å². The van der Waals surface area contributed by atoms with E-state index in [0.29, 0.717) is 24.6 Å². The molecule has 20 heavy (non-hydrogen) atoms. The van der Waals surface area contributed by atoms with Crippen LogP contribution in [-0.4, -0.2) is 36.7 Å². The molecule has 1 aromatic carbocycles. The molecule has 4 nitrogen and oxygen atoms in total. The van der Waals surface area contributed by atoms with Gasteiger partial charge < -0.3 is 15.4 Å². The lowest BCUT2D eigenvalue weighted by Crippen LogP contribution is -2.41. The Kier molecular flexibility index (Phi) is 3.56. The normalized spacial score (nSPS) is 26.1. The summed E-state index contributed by atoms with van der Waals surface area (Å²) in [5.74, 6) is -0.517. The summed E-state index contributed by atoms with van der Waals surface area (Å²) in [7, 11) is 0. The average molecular weight is 281 g/mol. The topological polar surface area (TPSA) is 50.8 Å². The first kappa shape index (κ1) is 13.3. The molecule has 3 rings (SSSR count). The Balaban J connectivity index is 1.82. The van der Waals surface area contributed by atoms with E-state index in [0.717, 1.165) is 31.6 Å². The summed E-state index contributed by atoms with van der Waals surface area (Å²) in [6, 6.07) is 3.12. The fourth-order valence-electron chi connectivity index (χ4n) is 2.79. The highest BCUT2D eigenvalue weighted by molar-refractivity contribution is 5.80. The van der Waals surface area contributed by atoms with Crippen LogP contribution < -0.4 is 5.73 Å². The maximum absolute atomic E-state index is 13.9. The van der Waals surface area contributed by atoms with Crippen LogP contribution >= 0.6 is 0 Å². The smallest absolute Gasteiger partial charge is 0.192 e. The highest BCUT2D eigenvalue weighted by atomic mass is 19.1. The molecule has 1 fully saturated rings. The third kappa shape index (κ3) is 2.47. The molecule has 108 valence electrons. The van der Waals surface area contributed by atoms with Crippen molar-refractivity contribution in [2.24, 2.45) is 10.7 Å². The molecule has 2 N–H and O–H groups in total. The van der Waals surface area contributed by atoms with E-state index in [2.05, 4.69) is 4.99 Å². The fraction of sp³-hybridized carbons (Fsp3) is 0.500. The lowest BCUT2D eigenvalue weighted by Gasteiger charge is -2.29. The molecule has 0 aromatic heterocycles. The van der Waals surface area contributed by atoms with Crippen molar-refractivity contribution in [1.82, 2.24) is 4.90 Å². The number of hydrogen-bond acceptors (Lipinski definition) is 4. The Bertz CT molecular complexity index is 529. The highest BCUT2D eigenvalue weighted by Gasteiger charge is 2.32. The molecule has 1 saturated heterocycles. The van der Waals surface area contributed by atoms with E-state index < -0.39 is 11.6 Å². The standard InChI is InChI=1S/C14H17F2N3O/c15-9-3-4-12(16)11(6-9)13-7-18-14(17)19(13)8-10-2-1-5-20-10/h3-4,6,10,13H,1-2,5,7-8H2,(H2,17,18). The van der Waals surface area contributed by atoms with Crippen molar-refractivity contribution >= 4 is 5.96 Å². The van der Waals surface area contributed by atoms with E-state index in [4.69, 9.17) is 10.5 Å². The predicted molar refractivity (Wildman–Crippen MR) is 71.3 cm³/mol. The molecule has 0 aliphatic carbocycles. The van der Waals surface area contributed by atoms with E-state index >= 15 is 0 Å². The van der Waals surface area contributed by atoms with Gasteiger partial charge in [-0.15, -0.1) is 0 Å². The number of ether oxygens (including phenoxy) is 1. The zero-order valence-corrected chi connectivity index (χ0v) is 11.1. The Morgan fingerprint density at radius 2 is 2.25 bits per heavy atom. The van der Waals surface area contributed by atoms with Crippen molar-refractivity contribution in [3.05, 3.63) is 35.4 Å². The molecule has 1 aromatic rings. The maximum Gasteiger partial charge on any atom is 0.192 e. The summed E-state index contributed by atoms with van der Waals surface area (Å²) in [5.41, 5.74) is 6.18. The number of guanidine groups is 1. The van der Waals surface area contributed by atoms with Crippen molar-refractivity contribution in [2.75, 3.05) is 19.7 Å². The zero-order valence-electron chi connectivity index (χ0n) is 11.1. The Hall–Kier alpha value is -1.69. The quantitative estimate of drug-likeness (QED) is 0.919. The molecular weight excluding hydrogens is 264 g/mol. The molecule has 2 aliphatic heterocycles. The number of hydrogen-bond donors (Lipinski definition) is 1. The van der Waals surface area contributed by atoms with Crippen LogP contribution in [0.4, 0.5) is 8.78 Å². The predicted octanol–water partition coefficient (Wildman–Crippen LogP) is 1.82. The van der Waals surface area contributed by atoms with Gasteiger partial charge in [-0.3, -0.25) is 4.99 Å². The number of benzene rings is 1. The number of nitrogens with zero attached hydrogens (tertiary/aromatic N) is 2. The van der Waals surface area contributed by atoms with Crippen molar-refractivity contribution in [1.29, 1.82) is 0 Å². The van der Waals surface area contributed by atoms with Gasteiger partial charge in [-0.1, -0.05) is 0 Å². The minimum Gasteiger partial charge on any atom is -0.376 e. The van der Waals surface area contributed by atoms with Crippen molar-refractivity contribution in [3.8, 4) is 0 Å². The van der Waals surface area contributed by atoms with Crippen molar-refractivity contribution in [2.45, 2.75) is 25.0 Å². The number of aliphatic imine (C=N–C) groups is 1. The minimum absolute atomic E-state index is 0.0842. The minimum atomic E-state index is -0.455. The SMILES string of the molecule is NC1=NCC(c2cc(F)ccc2F)N1CC1CCCO1. The highest BCUT2D eigenvalue weighted by Crippen LogP contribution is 2.29. The summed E-state index contributed by atoms with van der Waals surface area (Å²) in [5, 5.41) is 0. The van der Waals surface area contributed by atoms with Gasteiger partial charge in [-0.2, -0.15) is 0 Å². The summed E-state index contributed by atoms with van der Waals surface area (Å²) < 4.78 is 32.9. The first-order valence-electron chi connectivity index (χ1n) is 6.78. The Morgan fingerprint density at radius 1 is 1.40 bits per heavy atom. The largest absolute Gasteiger partial charge is 0.376 e. The number of rotatable bonds is 3. The van der Waals surface area contributed by atoms with Gasteiger partial charge in [0.1, 0.15) is 11.6 Å². The van der Waals surface area contributed by atoms with Crippen LogP contribution in [0.25, 0.3) is 0 Å². The summed E-state index contributed by atoms with van der Waals surface area (Å²) in [4.78, 5) is 5.98. The van der Waals surface area contributed by atoms with Crippen molar-refractivity contribution in [3.63, 3.8) is 0 Å². The van der Waals surface area contributed by atoms with E-state index in [1.807, 2.05) is 4.90 Å². The molecule has 2 unspecified atom stereocenters. The lowest BCUT2D eigenvalue weighted by molar-refractivity contribution is 0.0849. The summed E-state index contributed by atoms with van der Waals surface area (Å²) in [6.07, 6.45) is 2.07. The molecule has 0 bridgehead atoms. The third-order valence-corrected chi connectivity index (χ3v) is 3.84. The first-order valence-corrected chi connectivity index (χ1v) is 6.78. The third-order valence-electron chi connectivity index (χ3n) is 3.84. The van der Waals surface area contributed by atoms with E-state index in [1.165, 1.54) is 6.07 Å². The second-order valence-electron chi connectivity index (χ2n) is 5.17. The van der Waals surface area contributed by atoms with Gasteiger partial charge in [0.05, 0.1) is 18.7 Å². The van der Waals surface area contributed by atoms with Gasteiger partial charge in [0.15, 0.2) is 5.96 Å². The monoisotopic (exact) mass is 281 g/mol. The molecule has 6 heteroatoms. The van der Waals surface area contributed by atoms with Crippen LogP contribution in [0.1, 0.15) is 24.4 Å². The van der Waals surface area contributed by atoms with Crippen LogP contribution in [0.2, 0.25) is 0 Å². The molecular formula is C14H17F2N3O. The molecule has 2 atom stereocenters. The van der Waals surface area contributed by atoms with E-state index in [-0.39, 0.29) is 12.1 Å². The molecule has 2 heterocycles. The van der Waals surface area contributed by atoms with Crippen LogP contribution in [0.5, 0.6) is 0 Å². The molecule has 2 aliphatic rings. The van der Waals surface area contributed by atoms with E-state index in [9.17, 15) is 8.78 Å². The second-order valence-corrected chi connectivity index (χ2v) is 5.17. The van der Waals surface area contributed by atoms with Gasteiger partial charge in [0, 0.05) is 18.7 Å². The Morgan fingerprint density at radius 3 is 3.00 bits per heavy atom.